The van der Waals surface area contributed by atoms with Crippen molar-refractivity contribution < 1.29 is 0 Å². The van der Waals surface area contributed by atoms with E-state index in [0.29, 0.717) is 4.83 Å². The Kier molecular flexibility index (Phi) is 3.41. The third-order valence-electron chi connectivity index (χ3n) is 0.667. The fourth-order valence-electron chi connectivity index (χ4n) is 0.326. The zero-order valence-electron chi connectivity index (χ0n) is 6.48. The second kappa shape index (κ2) is 3.35. The second-order valence-corrected chi connectivity index (χ2v) is 4.57. The predicted octanol–water partition coefficient (Wildman–Crippen LogP) is 2.64. The minimum absolute atomic E-state index is 0.0715. The Labute approximate surface area is 65.7 Å². The van der Waals surface area contributed by atoms with Gasteiger partial charge in [0.2, 0.25) is 0 Å². The van der Waals surface area contributed by atoms with Crippen molar-refractivity contribution >= 4 is 22.1 Å². The molecule has 2 heteroatoms. The predicted molar refractivity (Wildman–Crippen MR) is 46.6 cm³/mol. The average Bonchev–Trinajstić information content (AvgIpc) is 1.59. The lowest BCUT2D eigenvalue weighted by Crippen LogP contribution is -2.11. The van der Waals surface area contributed by atoms with E-state index in [1.165, 1.54) is 0 Å². The van der Waals surface area contributed by atoms with Crippen molar-refractivity contribution in [2.45, 2.75) is 38.1 Å². The molecule has 0 aromatic carbocycles. The van der Waals surface area contributed by atoms with E-state index in [2.05, 4.69) is 48.6 Å². The van der Waals surface area contributed by atoms with Gasteiger partial charge >= 0.3 is 0 Å². The summed E-state index contributed by atoms with van der Waals surface area (Å²) in [6, 6.07) is 0. The first kappa shape index (κ1) is 9.15. The van der Waals surface area contributed by atoms with Gasteiger partial charge < -0.3 is 0 Å². The number of aliphatic imine (C=N–C) groups is 1. The molecule has 9 heavy (non-hydrogen) atoms. The molecule has 0 spiro atoms. The van der Waals surface area contributed by atoms with E-state index < -0.39 is 0 Å². The van der Waals surface area contributed by atoms with Gasteiger partial charge in [-0.25, -0.2) is 0 Å². The van der Waals surface area contributed by atoms with E-state index in [4.69, 9.17) is 0 Å². The van der Waals surface area contributed by atoms with Crippen molar-refractivity contribution in [3.05, 3.63) is 0 Å². The number of hydrogen-bond donors (Lipinski definition) is 0. The van der Waals surface area contributed by atoms with Crippen LogP contribution in [0.15, 0.2) is 4.99 Å². The van der Waals surface area contributed by atoms with Crippen molar-refractivity contribution in [3.63, 3.8) is 0 Å². The summed E-state index contributed by atoms with van der Waals surface area (Å²) >= 11 is 3.38. The maximum absolute atomic E-state index is 4.28. The molecule has 1 nitrogen and oxygen atoms in total. The quantitative estimate of drug-likeness (QED) is 0.447. The number of halogens is 1. The summed E-state index contributed by atoms with van der Waals surface area (Å²) in [5.74, 6) is 0. The van der Waals surface area contributed by atoms with Gasteiger partial charge in [-0.15, -0.1) is 0 Å². The second-order valence-electron chi connectivity index (χ2n) is 3.13. The molecule has 0 amide bonds. The molecule has 0 radical (unpaired) electrons. The van der Waals surface area contributed by atoms with Crippen LogP contribution in [0.3, 0.4) is 0 Å². The molecule has 0 aliphatic heterocycles. The van der Waals surface area contributed by atoms with Gasteiger partial charge in [-0.05, 0) is 27.7 Å². The summed E-state index contributed by atoms with van der Waals surface area (Å²) in [6.45, 7) is 8.30. The van der Waals surface area contributed by atoms with Crippen molar-refractivity contribution in [3.8, 4) is 0 Å². The molecule has 0 aromatic heterocycles. The molecule has 0 fully saturated rings. The standard InChI is InChI=1S/C7H14BrN/c1-6(8)5-9-7(2,3)4/h5-6H,1-4H3. The number of alkyl halides is 1. The molecule has 0 bridgehead atoms. The first-order chi connectivity index (χ1) is 3.92. The molecule has 0 aliphatic rings. The van der Waals surface area contributed by atoms with Crippen LogP contribution in [-0.4, -0.2) is 16.6 Å². The Hall–Kier alpha value is 0.150. The molecule has 0 heterocycles. The minimum atomic E-state index is 0.0715. The van der Waals surface area contributed by atoms with Crippen LogP contribution in [0.2, 0.25) is 0 Å². The van der Waals surface area contributed by atoms with Gasteiger partial charge in [0.15, 0.2) is 0 Å². The summed E-state index contributed by atoms with van der Waals surface area (Å²) in [5, 5.41) is 0. The first-order valence-corrected chi connectivity index (χ1v) is 4.03. The van der Waals surface area contributed by atoms with Crippen LogP contribution in [0.5, 0.6) is 0 Å². The summed E-state index contributed by atoms with van der Waals surface area (Å²) in [6.07, 6.45) is 1.92. The highest BCUT2D eigenvalue weighted by Gasteiger charge is 2.04. The van der Waals surface area contributed by atoms with Crippen LogP contribution in [-0.2, 0) is 0 Å². The van der Waals surface area contributed by atoms with Gasteiger partial charge in [-0.2, -0.15) is 0 Å². The molecule has 0 rings (SSSR count). The molecule has 1 atom stereocenters. The molecule has 0 aromatic rings. The fourth-order valence-corrected chi connectivity index (χ4v) is 0.445. The smallest absolute Gasteiger partial charge is 0.0520 e. The summed E-state index contributed by atoms with van der Waals surface area (Å²) in [7, 11) is 0. The lowest BCUT2D eigenvalue weighted by Gasteiger charge is -2.10. The Morgan fingerprint density at radius 2 is 1.89 bits per heavy atom. The van der Waals surface area contributed by atoms with Gasteiger partial charge in [0, 0.05) is 11.0 Å². The highest BCUT2D eigenvalue weighted by Crippen LogP contribution is 2.06. The van der Waals surface area contributed by atoms with Crippen molar-refractivity contribution in [1.82, 2.24) is 0 Å². The molecule has 0 aliphatic carbocycles. The summed E-state index contributed by atoms with van der Waals surface area (Å²) in [4.78, 5) is 4.67. The van der Waals surface area contributed by atoms with E-state index in [0.717, 1.165) is 0 Å². The van der Waals surface area contributed by atoms with E-state index >= 15 is 0 Å². The van der Waals surface area contributed by atoms with Crippen LogP contribution < -0.4 is 0 Å². The lowest BCUT2D eigenvalue weighted by molar-refractivity contribution is 0.585. The molecular weight excluding hydrogens is 178 g/mol. The number of nitrogens with zero attached hydrogens (tertiary/aromatic N) is 1. The SMILES string of the molecule is CC(Br)C=NC(C)(C)C. The Bertz CT molecular complexity index is 100.0. The molecule has 0 saturated heterocycles. The molecule has 0 saturated carbocycles. The van der Waals surface area contributed by atoms with Gasteiger partial charge in [0.25, 0.3) is 0 Å². The van der Waals surface area contributed by atoms with Gasteiger partial charge in [0.1, 0.15) is 0 Å². The van der Waals surface area contributed by atoms with Crippen LogP contribution in [0.4, 0.5) is 0 Å². The topological polar surface area (TPSA) is 12.4 Å². The Balaban J connectivity index is 3.71. The van der Waals surface area contributed by atoms with E-state index in [-0.39, 0.29) is 5.54 Å². The Morgan fingerprint density at radius 1 is 1.44 bits per heavy atom. The van der Waals surface area contributed by atoms with Gasteiger partial charge in [-0.3, -0.25) is 4.99 Å². The largest absolute Gasteiger partial charge is 0.291 e. The lowest BCUT2D eigenvalue weighted by atomic mass is 10.1. The minimum Gasteiger partial charge on any atom is -0.291 e. The van der Waals surface area contributed by atoms with Crippen LogP contribution in [0.1, 0.15) is 27.7 Å². The molecular formula is C7H14BrN. The van der Waals surface area contributed by atoms with Gasteiger partial charge in [-0.1, -0.05) is 15.9 Å². The third kappa shape index (κ3) is 8.15. The van der Waals surface area contributed by atoms with Crippen molar-refractivity contribution in [1.29, 1.82) is 0 Å². The molecule has 54 valence electrons. The maximum atomic E-state index is 4.28. The van der Waals surface area contributed by atoms with Gasteiger partial charge in [0.05, 0.1) is 5.54 Å². The number of rotatable bonds is 1. The van der Waals surface area contributed by atoms with Crippen molar-refractivity contribution in [2.75, 3.05) is 0 Å². The highest BCUT2D eigenvalue weighted by molar-refractivity contribution is 9.09. The average molecular weight is 192 g/mol. The molecule has 0 N–H and O–H groups in total. The van der Waals surface area contributed by atoms with E-state index in [1.807, 2.05) is 6.21 Å². The van der Waals surface area contributed by atoms with Crippen molar-refractivity contribution in [2.24, 2.45) is 4.99 Å². The normalized spacial score (nSPS) is 16.6. The first-order valence-electron chi connectivity index (χ1n) is 3.11. The zero-order chi connectivity index (χ0) is 7.49. The monoisotopic (exact) mass is 191 g/mol. The van der Waals surface area contributed by atoms with Crippen LogP contribution in [0, 0.1) is 0 Å². The van der Waals surface area contributed by atoms with Crippen LogP contribution in [0.25, 0.3) is 0 Å². The van der Waals surface area contributed by atoms with E-state index in [9.17, 15) is 0 Å². The Morgan fingerprint density at radius 3 is 2.00 bits per heavy atom. The summed E-state index contributed by atoms with van der Waals surface area (Å²) in [5.41, 5.74) is 0.0715. The number of hydrogen-bond acceptors (Lipinski definition) is 1. The zero-order valence-corrected chi connectivity index (χ0v) is 8.07. The fraction of sp³-hybridized carbons (Fsp3) is 0.857. The van der Waals surface area contributed by atoms with Crippen LogP contribution >= 0.6 is 15.9 Å². The van der Waals surface area contributed by atoms with E-state index in [1.54, 1.807) is 0 Å². The highest BCUT2D eigenvalue weighted by atomic mass is 79.9. The molecule has 1 unspecified atom stereocenters. The summed E-state index contributed by atoms with van der Waals surface area (Å²) < 4.78 is 0. The third-order valence-corrected chi connectivity index (χ3v) is 0.904. The maximum Gasteiger partial charge on any atom is 0.0520 e.